The summed E-state index contributed by atoms with van der Waals surface area (Å²) in [6, 6.07) is 15.5. The first kappa shape index (κ1) is 22.1. The van der Waals surface area contributed by atoms with E-state index in [0.717, 1.165) is 16.7 Å². The van der Waals surface area contributed by atoms with Gasteiger partial charge < -0.3 is 30.0 Å². The Morgan fingerprint density at radius 2 is 1.84 bits per heavy atom. The summed E-state index contributed by atoms with van der Waals surface area (Å²) in [5.74, 6) is 7.60. The second kappa shape index (κ2) is 9.98. The Bertz CT molecular complexity index is 1080. The first-order valence-electron chi connectivity index (χ1n) is 10.6. The Hall–Kier alpha value is -3.15. The first-order valence-corrected chi connectivity index (χ1v) is 10.6. The molecular formula is C25H27N3O4. The van der Waals surface area contributed by atoms with E-state index < -0.39 is 12.2 Å². The molecular weight excluding hydrogens is 406 g/mol. The number of hydrogen-bond donors (Lipinski definition) is 3. The van der Waals surface area contributed by atoms with E-state index in [9.17, 15) is 10.2 Å². The zero-order chi connectivity index (χ0) is 22.5. The molecule has 4 rings (SSSR count). The number of benzene rings is 2. The lowest BCUT2D eigenvalue weighted by atomic mass is 10.0. The Labute approximate surface area is 187 Å². The number of aliphatic hydroxyl groups is 2. The molecule has 7 heteroatoms. The molecule has 1 fully saturated rings. The van der Waals surface area contributed by atoms with Crippen LogP contribution in [0.15, 0.2) is 60.9 Å². The Morgan fingerprint density at radius 3 is 2.44 bits per heavy atom. The predicted octanol–water partition coefficient (Wildman–Crippen LogP) is 2.29. The summed E-state index contributed by atoms with van der Waals surface area (Å²) in [7, 11) is 0. The van der Waals surface area contributed by atoms with Crippen molar-refractivity contribution in [1.82, 2.24) is 9.55 Å². The molecule has 0 bridgehead atoms. The molecule has 2 unspecified atom stereocenters. The Morgan fingerprint density at radius 1 is 1.16 bits per heavy atom. The number of hydrogen-bond acceptors (Lipinski definition) is 6. The van der Waals surface area contributed by atoms with Crippen LogP contribution in [0.2, 0.25) is 0 Å². The number of rotatable bonds is 6. The van der Waals surface area contributed by atoms with Crippen LogP contribution in [-0.2, 0) is 4.74 Å². The second-order valence-corrected chi connectivity index (χ2v) is 7.75. The van der Waals surface area contributed by atoms with Gasteiger partial charge in [0.05, 0.1) is 13.2 Å². The molecule has 4 atom stereocenters. The van der Waals surface area contributed by atoms with Gasteiger partial charge in [0, 0.05) is 24.5 Å². The van der Waals surface area contributed by atoms with E-state index in [2.05, 4.69) is 16.8 Å². The van der Waals surface area contributed by atoms with Crippen molar-refractivity contribution in [3.8, 4) is 28.7 Å². The smallest absolute Gasteiger partial charge is 0.150 e. The largest absolute Gasteiger partial charge is 0.485 e. The highest BCUT2D eigenvalue weighted by Crippen LogP contribution is 2.24. The predicted molar refractivity (Wildman–Crippen MR) is 121 cm³/mol. The van der Waals surface area contributed by atoms with Crippen molar-refractivity contribution in [2.24, 2.45) is 5.73 Å². The average molecular weight is 434 g/mol. The number of nitrogens with two attached hydrogens (primary N) is 1. The summed E-state index contributed by atoms with van der Waals surface area (Å²) < 4.78 is 12.8. The standard InChI is InChI=1S/C25H27N3O4/c1-17(29)25-27-12-13-28(25)21(14-26)9-4-18-2-5-19(6-3-18)20-7-10-22(11-8-20)32-24-16-31-15-23(24)30/h2-3,5-8,10-13,17,21,23-24,29-30H,14-16,26H2,1H3/t17?,21?,23-,24-/m1/s1. The minimum Gasteiger partial charge on any atom is -0.485 e. The first-order chi connectivity index (χ1) is 15.5. The fraction of sp³-hybridized carbons (Fsp3) is 0.320. The normalized spacial score (nSPS) is 19.8. The van der Waals surface area contributed by atoms with Crippen LogP contribution in [0.5, 0.6) is 5.75 Å². The Kier molecular flexibility index (Phi) is 6.88. The lowest BCUT2D eigenvalue weighted by Crippen LogP contribution is -2.29. The maximum atomic E-state index is 9.86. The zero-order valence-corrected chi connectivity index (χ0v) is 17.9. The molecule has 1 aliphatic rings. The minimum atomic E-state index is -0.687. The zero-order valence-electron chi connectivity index (χ0n) is 17.9. The molecule has 0 aliphatic carbocycles. The third kappa shape index (κ3) is 5.01. The molecule has 1 aliphatic heterocycles. The molecule has 3 aromatic rings. The van der Waals surface area contributed by atoms with Gasteiger partial charge in [0.15, 0.2) is 0 Å². The van der Waals surface area contributed by atoms with Crippen LogP contribution in [0.25, 0.3) is 11.1 Å². The summed E-state index contributed by atoms with van der Waals surface area (Å²) >= 11 is 0. The molecule has 0 saturated carbocycles. The molecule has 0 radical (unpaired) electrons. The van der Waals surface area contributed by atoms with Crippen molar-refractivity contribution in [3.63, 3.8) is 0 Å². The van der Waals surface area contributed by atoms with Crippen LogP contribution in [0.3, 0.4) is 0 Å². The van der Waals surface area contributed by atoms with Crippen LogP contribution in [0.4, 0.5) is 0 Å². The molecule has 1 aromatic heterocycles. The molecule has 2 aromatic carbocycles. The quantitative estimate of drug-likeness (QED) is 0.516. The molecule has 32 heavy (non-hydrogen) atoms. The fourth-order valence-electron chi connectivity index (χ4n) is 3.60. The third-order valence-corrected chi connectivity index (χ3v) is 5.37. The summed E-state index contributed by atoms with van der Waals surface area (Å²) in [5, 5.41) is 19.7. The van der Waals surface area contributed by atoms with Crippen molar-refractivity contribution in [1.29, 1.82) is 0 Å². The van der Waals surface area contributed by atoms with E-state index in [1.807, 2.05) is 53.1 Å². The molecule has 0 spiro atoms. The highest BCUT2D eigenvalue weighted by molar-refractivity contribution is 5.65. The number of aromatic nitrogens is 2. The number of aliphatic hydroxyl groups excluding tert-OH is 2. The maximum absolute atomic E-state index is 9.86. The van der Waals surface area contributed by atoms with Gasteiger partial charge in [-0.3, -0.25) is 0 Å². The van der Waals surface area contributed by atoms with Crippen LogP contribution in [0, 0.1) is 11.8 Å². The molecule has 166 valence electrons. The topological polar surface area (TPSA) is 103 Å². The van der Waals surface area contributed by atoms with Crippen molar-refractivity contribution in [2.75, 3.05) is 19.8 Å². The van der Waals surface area contributed by atoms with E-state index in [-0.39, 0.29) is 12.1 Å². The number of ether oxygens (including phenoxy) is 2. The van der Waals surface area contributed by atoms with Crippen molar-refractivity contribution in [3.05, 3.63) is 72.3 Å². The van der Waals surface area contributed by atoms with Crippen LogP contribution in [0.1, 0.15) is 30.5 Å². The average Bonchev–Trinajstić information content (AvgIpc) is 3.45. The Balaban J connectivity index is 1.44. The van der Waals surface area contributed by atoms with Gasteiger partial charge in [0.2, 0.25) is 0 Å². The van der Waals surface area contributed by atoms with E-state index in [1.165, 1.54) is 0 Å². The highest BCUT2D eigenvalue weighted by atomic mass is 16.6. The summed E-state index contributed by atoms with van der Waals surface area (Å²) in [6.07, 6.45) is 1.82. The van der Waals surface area contributed by atoms with Gasteiger partial charge in [-0.1, -0.05) is 36.1 Å². The number of imidazole rings is 1. The van der Waals surface area contributed by atoms with Crippen molar-refractivity contribution < 1.29 is 19.7 Å². The summed E-state index contributed by atoms with van der Waals surface area (Å²) in [6.45, 7) is 2.70. The van der Waals surface area contributed by atoms with Gasteiger partial charge in [-0.15, -0.1) is 0 Å². The number of nitrogens with zero attached hydrogens (tertiary/aromatic N) is 2. The van der Waals surface area contributed by atoms with Gasteiger partial charge in [-0.05, 0) is 42.3 Å². The van der Waals surface area contributed by atoms with Crippen molar-refractivity contribution in [2.45, 2.75) is 31.3 Å². The van der Waals surface area contributed by atoms with E-state index in [0.29, 0.717) is 31.3 Å². The van der Waals surface area contributed by atoms with E-state index >= 15 is 0 Å². The van der Waals surface area contributed by atoms with Gasteiger partial charge in [0.25, 0.3) is 0 Å². The lowest BCUT2D eigenvalue weighted by molar-refractivity contribution is 0.0733. The van der Waals surface area contributed by atoms with E-state index in [1.54, 1.807) is 19.3 Å². The molecule has 1 saturated heterocycles. The SMILES string of the molecule is CC(O)c1nccn1C(C#Cc1ccc(-c2ccc(O[C@@H]3COC[C@H]3O)cc2)cc1)CN. The molecule has 0 amide bonds. The van der Waals surface area contributed by atoms with Crippen LogP contribution < -0.4 is 10.5 Å². The van der Waals surface area contributed by atoms with Gasteiger partial charge in [-0.2, -0.15) is 0 Å². The fourth-order valence-corrected chi connectivity index (χ4v) is 3.60. The lowest BCUT2D eigenvalue weighted by Gasteiger charge is -2.15. The summed E-state index contributed by atoms with van der Waals surface area (Å²) in [4.78, 5) is 4.19. The van der Waals surface area contributed by atoms with Crippen LogP contribution >= 0.6 is 0 Å². The van der Waals surface area contributed by atoms with Crippen LogP contribution in [-0.4, -0.2) is 51.7 Å². The molecule has 7 nitrogen and oxygen atoms in total. The van der Waals surface area contributed by atoms with Gasteiger partial charge >= 0.3 is 0 Å². The van der Waals surface area contributed by atoms with Crippen molar-refractivity contribution >= 4 is 0 Å². The third-order valence-electron chi connectivity index (χ3n) is 5.37. The summed E-state index contributed by atoms with van der Waals surface area (Å²) in [5.41, 5.74) is 8.90. The maximum Gasteiger partial charge on any atom is 0.150 e. The van der Waals surface area contributed by atoms with E-state index in [4.69, 9.17) is 15.2 Å². The second-order valence-electron chi connectivity index (χ2n) is 7.75. The highest BCUT2D eigenvalue weighted by Gasteiger charge is 2.27. The monoisotopic (exact) mass is 433 g/mol. The van der Waals surface area contributed by atoms with Gasteiger partial charge in [0.1, 0.15) is 35.9 Å². The minimum absolute atomic E-state index is 0.266. The molecule has 2 heterocycles. The van der Waals surface area contributed by atoms with Gasteiger partial charge in [-0.25, -0.2) is 4.98 Å². The molecule has 4 N–H and O–H groups in total.